The summed E-state index contributed by atoms with van der Waals surface area (Å²) in [6.45, 7) is 12.4. The van der Waals surface area contributed by atoms with Crippen LogP contribution >= 0.6 is 0 Å². The van der Waals surface area contributed by atoms with Gasteiger partial charge in [-0.3, -0.25) is 24.7 Å². The SMILES string of the molecule is CC(C)c1ccccc1[C@@H]1CCCN1C1CC2(CCN(c3ccc(C(=O)NS(=O)(=O)c4cc5c(c([N+](=O)[O-])c4)N[C@@H](C4CCC(C)(O)CC4)CO5)c(Oc4cc5cc[nH]c5nc4OCCN4CCC4)c3)CC2)C1. The number of sulfonamides is 1. The van der Waals surface area contributed by atoms with Crippen LogP contribution < -0.4 is 29.1 Å². The third-order valence-corrected chi connectivity index (χ3v) is 18.3. The van der Waals surface area contributed by atoms with Gasteiger partial charge in [0.05, 0.1) is 27.0 Å². The van der Waals surface area contributed by atoms with Crippen LogP contribution in [0.1, 0.15) is 125 Å². The zero-order valence-corrected chi connectivity index (χ0v) is 42.9. The second-order valence-corrected chi connectivity index (χ2v) is 23.8. The van der Waals surface area contributed by atoms with E-state index in [4.69, 9.17) is 19.2 Å². The zero-order valence-electron chi connectivity index (χ0n) is 42.1. The van der Waals surface area contributed by atoms with Crippen LogP contribution in [-0.4, -0.2) is 114 Å². The van der Waals surface area contributed by atoms with E-state index in [1.165, 1.54) is 42.9 Å². The number of aliphatic hydroxyl groups is 1. The number of fused-ring (bicyclic) bond motifs is 2. The third kappa shape index (κ3) is 10.1. The molecule has 18 heteroatoms. The lowest BCUT2D eigenvalue weighted by molar-refractivity contribution is -0.384. The first-order chi connectivity index (χ1) is 35.1. The van der Waals surface area contributed by atoms with E-state index < -0.39 is 37.0 Å². The Kier molecular flexibility index (Phi) is 13.3. The van der Waals surface area contributed by atoms with Crippen molar-refractivity contribution in [2.45, 2.75) is 126 Å². The van der Waals surface area contributed by atoms with E-state index in [2.05, 4.69) is 67.8 Å². The fraction of sp³-hybridized carbons (Fsp3) is 0.527. The van der Waals surface area contributed by atoms with Gasteiger partial charge in [-0.25, -0.2) is 13.1 Å². The maximum absolute atomic E-state index is 14.4. The van der Waals surface area contributed by atoms with Gasteiger partial charge in [-0.2, -0.15) is 4.98 Å². The van der Waals surface area contributed by atoms with Crippen LogP contribution in [0.5, 0.6) is 23.1 Å². The molecule has 0 unspecified atom stereocenters. The minimum Gasteiger partial charge on any atom is -0.489 e. The highest BCUT2D eigenvalue weighted by molar-refractivity contribution is 7.90. The quantitative estimate of drug-likeness (QED) is 0.0570. The van der Waals surface area contributed by atoms with E-state index in [9.17, 15) is 28.4 Å². The molecule has 4 N–H and O–H groups in total. The summed E-state index contributed by atoms with van der Waals surface area (Å²) in [5, 5.41) is 27.0. The van der Waals surface area contributed by atoms with Crippen molar-refractivity contribution in [1.82, 2.24) is 24.5 Å². The zero-order chi connectivity index (χ0) is 50.6. The Morgan fingerprint density at radius 2 is 1.75 bits per heavy atom. The Hall–Kier alpha value is -5.95. The van der Waals surface area contributed by atoms with Crippen LogP contribution in [0.25, 0.3) is 11.0 Å². The Morgan fingerprint density at radius 3 is 2.49 bits per heavy atom. The molecule has 2 aromatic heterocycles. The van der Waals surface area contributed by atoms with E-state index in [0.717, 1.165) is 69.1 Å². The van der Waals surface area contributed by atoms with E-state index in [0.29, 0.717) is 62.5 Å². The number of nitro benzene ring substituents is 1. The van der Waals surface area contributed by atoms with Crippen molar-refractivity contribution in [2.75, 3.05) is 62.7 Å². The summed E-state index contributed by atoms with van der Waals surface area (Å²) in [4.78, 5) is 41.1. The molecule has 2 aliphatic carbocycles. The Bertz CT molecular complexity index is 2990. The number of aromatic nitrogens is 2. The molecule has 11 rings (SSSR count). The maximum Gasteiger partial charge on any atom is 0.297 e. The summed E-state index contributed by atoms with van der Waals surface area (Å²) in [7, 11) is -4.71. The van der Waals surface area contributed by atoms with Gasteiger partial charge in [-0.15, -0.1) is 0 Å². The molecule has 3 saturated heterocycles. The van der Waals surface area contributed by atoms with E-state index >= 15 is 0 Å². The number of anilines is 2. The number of pyridine rings is 1. The number of carbonyl (C=O) groups is 1. The first-order valence-electron chi connectivity index (χ1n) is 26.4. The number of likely N-dealkylation sites (tertiary alicyclic amines) is 2. The van der Waals surface area contributed by atoms with Crippen molar-refractivity contribution >= 4 is 44.0 Å². The average Bonchev–Trinajstić information content (AvgIpc) is 4.03. The molecule has 2 saturated carbocycles. The van der Waals surface area contributed by atoms with Crippen molar-refractivity contribution in [3.05, 3.63) is 99.7 Å². The fourth-order valence-electron chi connectivity index (χ4n) is 12.5. The summed E-state index contributed by atoms with van der Waals surface area (Å²) >= 11 is 0. The number of rotatable bonds is 15. The molecule has 4 aliphatic heterocycles. The fourth-order valence-corrected chi connectivity index (χ4v) is 13.5. The molecule has 6 aliphatic rings. The number of ether oxygens (including phenoxy) is 3. The van der Waals surface area contributed by atoms with Crippen molar-refractivity contribution in [1.29, 1.82) is 0 Å². The highest BCUT2D eigenvalue weighted by Gasteiger charge is 2.50. The molecule has 5 aromatic rings. The minimum absolute atomic E-state index is 0.00266. The number of nitrogens with one attached hydrogen (secondary N) is 3. The van der Waals surface area contributed by atoms with Crippen LogP contribution in [0, 0.1) is 21.4 Å². The monoisotopic (exact) mass is 1020 g/mol. The van der Waals surface area contributed by atoms with Gasteiger partial charge < -0.3 is 34.5 Å². The molecular weight excluding hydrogens is 949 g/mol. The van der Waals surface area contributed by atoms with Crippen molar-refractivity contribution < 1.29 is 37.5 Å². The predicted molar refractivity (Wildman–Crippen MR) is 279 cm³/mol. The highest BCUT2D eigenvalue weighted by Crippen LogP contribution is 2.54. The molecule has 6 heterocycles. The normalized spacial score (nSPS) is 24.3. The summed E-state index contributed by atoms with van der Waals surface area (Å²) < 4.78 is 49.5. The molecule has 5 fully saturated rings. The van der Waals surface area contributed by atoms with Crippen molar-refractivity contribution in [3.63, 3.8) is 0 Å². The Balaban J connectivity index is 0.837. The molecule has 2 atom stereocenters. The largest absolute Gasteiger partial charge is 0.489 e. The summed E-state index contributed by atoms with van der Waals surface area (Å²) in [5.41, 5.74) is 3.41. The van der Waals surface area contributed by atoms with Crippen LogP contribution in [0.15, 0.2) is 77.8 Å². The van der Waals surface area contributed by atoms with Gasteiger partial charge >= 0.3 is 0 Å². The number of benzene rings is 3. The van der Waals surface area contributed by atoms with Crippen LogP contribution in [0.4, 0.5) is 17.1 Å². The number of aromatic amines is 1. The number of piperidine rings is 1. The lowest BCUT2D eigenvalue weighted by atomic mass is 9.59. The van der Waals surface area contributed by atoms with Crippen molar-refractivity contribution in [2.24, 2.45) is 11.3 Å². The summed E-state index contributed by atoms with van der Waals surface area (Å²) in [5.74, 6) is 0.165. The Labute approximate surface area is 427 Å². The smallest absolute Gasteiger partial charge is 0.297 e. The van der Waals surface area contributed by atoms with Gasteiger partial charge in [0, 0.05) is 67.2 Å². The minimum atomic E-state index is -4.71. The van der Waals surface area contributed by atoms with Gasteiger partial charge in [-0.1, -0.05) is 38.1 Å². The summed E-state index contributed by atoms with van der Waals surface area (Å²) in [6.07, 6.45) is 12.4. The van der Waals surface area contributed by atoms with Crippen LogP contribution in [0.2, 0.25) is 0 Å². The highest BCUT2D eigenvalue weighted by atomic mass is 32.2. The topological polar surface area (TPSA) is 205 Å². The lowest BCUT2D eigenvalue weighted by Gasteiger charge is -2.56. The van der Waals surface area contributed by atoms with Crippen molar-refractivity contribution in [3.8, 4) is 23.1 Å². The Morgan fingerprint density at radius 1 is 0.973 bits per heavy atom. The molecule has 73 heavy (non-hydrogen) atoms. The van der Waals surface area contributed by atoms with Gasteiger partial charge in [0.25, 0.3) is 27.5 Å². The van der Waals surface area contributed by atoms with E-state index in [1.54, 1.807) is 24.4 Å². The van der Waals surface area contributed by atoms with E-state index in [1.807, 2.05) is 19.1 Å². The second kappa shape index (κ2) is 19.7. The molecule has 1 spiro atoms. The van der Waals surface area contributed by atoms with Crippen LogP contribution in [0.3, 0.4) is 0 Å². The number of carbonyl (C=O) groups excluding carboxylic acids is 1. The molecule has 17 nitrogen and oxygen atoms in total. The number of amides is 1. The first-order valence-corrected chi connectivity index (χ1v) is 27.9. The molecule has 0 radical (unpaired) electrons. The molecular formula is C55H68N8O9S. The number of nitrogens with zero attached hydrogens (tertiary/aromatic N) is 5. The first kappa shape index (κ1) is 49.3. The van der Waals surface area contributed by atoms with Gasteiger partial charge in [-0.05, 0) is 150 Å². The standard InChI is InChI=1S/C55H68N8O9S/c1-35(2)41-8-4-5-9-42(41)45-10-6-23-62(45)39-32-55(33-39)18-24-61(25-19-55)38-11-12-43(47(29-38)72-49-28-37-15-20-56-51(37)58-53(49)70-27-26-60-21-7-22-60)52(64)59-73(68,69)40-30-46(63(66)67)50-48(31-40)71-34-44(57-50)36-13-16-54(3,65)17-14-36/h4-5,8-9,11-12,15,20,28-31,35-36,39,44-45,57,65H,6-7,10,13-14,16-19,21-27,32-34H2,1-3H3,(H,56,58)(H,59,64)/t36?,44-,45+,54?/m1/s1. The van der Waals surface area contributed by atoms with Gasteiger partial charge in [0.15, 0.2) is 17.2 Å². The number of hydrogen-bond donors (Lipinski definition) is 4. The second-order valence-electron chi connectivity index (χ2n) is 22.2. The predicted octanol–water partition coefficient (Wildman–Crippen LogP) is 9.29. The lowest BCUT2D eigenvalue weighted by Crippen LogP contribution is -2.54. The van der Waals surface area contributed by atoms with Gasteiger partial charge in [0.2, 0.25) is 0 Å². The van der Waals surface area contributed by atoms with Crippen LogP contribution in [-0.2, 0) is 10.0 Å². The third-order valence-electron chi connectivity index (χ3n) is 17.0. The van der Waals surface area contributed by atoms with E-state index in [-0.39, 0.29) is 58.4 Å². The molecule has 1 amide bonds. The van der Waals surface area contributed by atoms with Gasteiger partial charge in [0.1, 0.15) is 24.6 Å². The number of hydrogen-bond acceptors (Lipinski definition) is 14. The average molecular weight is 1020 g/mol. The maximum atomic E-state index is 14.4. The number of H-pyrrole nitrogens is 1. The summed E-state index contributed by atoms with van der Waals surface area (Å²) in [6, 6.07) is 20.7. The number of nitro groups is 1. The molecule has 0 bridgehead atoms. The molecule has 388 valence electrons. The molecule has 3 aromatic carbocycles.